The van der Waals surface area contributed by atoms with Gasteiger partial charge in [-0.25, -0.2) is 0 Å². The van der Waals surface area contributed by atoms with Gasteiger partial charge in [0, 0.05) is 19.3 Å². The minimum Gasteiger partial charge on any atom is -0.544 e. The van der Waals surface area contributed by atoms with Gasteiger partial charge < -0.3 is 28.6 Å². The van der Waals surface area contributed by atoms with Crippen molar-refractivity contribution in [1.29, 1.82) is 0 Å². The number of esters is 2. The van der Waals surface area contributed by atoms with Crippen LogP contribution in [0.1, 0.15) is 194 Å². The van der Waals surface area contributed by atoms with E-state index in [1.54, 1.807) is 21.1 Å². The highest BCUT2D eigenvalue weighted by atomic mass is 16.6. The largest absolute Gasteiger partial charge is 0.544 e. The van der Waals surface area contributed by atoms with Gasteiger partial charge in [0.25, 0.3) is 0 Å². The van der Waals surface area contributed by atoms with Crippen molar-refractivity contribution in [2.45, 2.75) is 206 Å². The number of ether oxygens (including phenoxy) is 3. The van der Waals surface area contributed by atoms with Crippen LogP contribution in [0.3, 0.4) is 0 Å². The molecule has 8 nitrogen and oxygen atoms in total. The topological polar surface area (TPSA) is 102 Å². The molecular formula is C43H81NO7. The Kier molecular flexibility index (Phi) is 33.8. The van der Waals surface area contributed by atoms with Crippen LogP contribution in [-0.4, -0.2) is 75.5 Å². The quantitative estimate of drug-likeness (QED) is 0.0271. The van der Waals surface area contributed by atoms with Crippen molar-refractivity contribution in [2.24, 2.45) is 0 Å². The van der Waals surface area contributed by atoms with Crippen LogP contribution < -0.4 is 5.11 Å². The lowest BCUT2D eigenvalue weighted by Gasteiger charge is -2.34. The summed E-state index contributed by atoms with van der Waals surface area (Å²) in [4.78, 5) is 36.7. The number of carbonyl (C=O) groups is 3. The van der Waals surface area contributed by atoms with Gasteiger partial charge in [-0.2, -0.15) is 0 Å². The Hall–Kier alpha value is -1.93. The van der Waals surface area contributed by atoms with Crippen molar-refractivity contribution in [2.75, 3.05) is 41.0 Å². The first-order chi connectivity index (χ1) is 24.6. The molecule has 0 amide bonds. The predicted octanol–water partition coefficient (Wildman–Crippen LogP) is 9.80. The summed E-state index contributed by atoms with van der Waals surface area (Å²) in [5, 5.41) is 11.6. The van der Waals surface area contributed by atoms with Gasteiger partial charge in [-0.15, -0.1) is 0 Å². The van der Waals surface area contributed by atoms with E-state index in [2.05, 4.69) is 26.0 Å². The fraction of sp³-hybridized carbons (Fsp3) is 0.884. The lowest BCUT2D eigenvalue weighted by atomic mass is 10.0. The van der Waals surface area contributed by atoms with Gasteiger partial charge in [0.1, 0.15) is 12.6 Å². The van der Waals surface area contributed by atoms with E-state index in [4.69, 9.17) is 14.2 Å². The monoisotopic (exact) mass is 724 g/mol. The molecule has 0 aliphatic heterocycles. The van der Waals surface area contributed by atoms with Gasteiger partial charge >= 0.3 is 11.9 Å². The van der Waals surface area contributed by atoms with Gasteiger partial charge in [0.15, 0.2) is 6.10 Å². The van der Waals surface area contributed by atoms with Crippen LogP contribution in [0, 0.1) is 0 Å². The van der Waals surface area contributed by atoms with Crippen molar-refractivity contribution in [3.63, 3.8) is 0 Å². The second kappa shape index (κ2) is 35.1. The highest BCUT2D eigenvalue weighted by Gasteiger charge is 2.25. The SMILES string of the molecule is CCCCCC/C=C/CCCC(=O)OCC(COCCC(C(=O)[O-])[N+](C)(C)C)OC(=O)CCCCCCCCCCCCCCCCCCCC. The Morgan fingerprint density at radius 1 is 0.569 bits per heavy atom. The second-order valence-electron chi connectivity index (χ2n) is 15.6. The molecule has 51 heavy (non-hydrogen) atoms. The summed E-state index contributed by atoms with van der Waals surface area (Å²) in [7, 11) is 5.40. The van der Waals surface area contributed by atoms with Gasteiger partial charge in [0.05, 0.1) is 40.3 Å². The molecule has 8 heteroatoms. The number of unbranched alkanes of at least 4 members (excludes halogenated alkanes) is 22. The zero-order chi connectivity index (χ0) is 37.8. The summed E-state index contributed by atoms with van der Waals surface area (Å²) in [6.07, 6.45) is 35.3. The van der Waals surface area contributed by atoms with Crippen molar-refractivity contribution < 1.29 is 38.2 Å². The molecule has 0 rings (SSSR count). The van der Waals surface area contributed by atoms with Crippen molar-refractivity contribution in [3.8, 4) is 0 Å². The Morgan fingerprint density at radius 2 is 1.00 bits per heavy atom. The Bertz CT molecular complexity index is 854. The van der Waals surface area contributed by atoms with E-state index in [1.165, 1.54) is 122 Å². The number of allylic oxidation sites excluding steroid dienone is 2. The van der Waals surface area contributed by atoms with Crippen LogP contribution in [-0.2, 0) is 28.6 Å². The second-order valence-corrected chi connectivity index (χ2v) is 15.6. The lowest BCUT2D eigenvalue weighted by Crippen LogP contribution is -2.55. The number of carboxylic acid groups (broad SMARTS) is 1. The molecule has 0 spiro atoms. The highest BCUT2D eigenvalue weighted by molar-refractivity contribution is 5.70. The third kappa shape index (κ3) is 33.6. The maximum atomic E-state index is 12.7. The minimum atomic E-state index is -1.13. The van der Waals surface area contributed by atoms with E-state index in [-0.39, 0.29) is 42.7 Å². The molecular weight excluding hydrogens is 642 g/mol. The van der Waals surface area contributed by atoms with E-state index in [0.717, 1.165) is 32.1 Å². The molecule has 0 heterocycles. The summed E-state index contributed by atoms with van der Waals surface area (Å²) in [6.45, 7) is 4.61. The van der Waals surface area contributed by atoms with E-state index in [9.17, 15) is 19.5 Å². The van der Waals surface area contributed by atoms with Gasteiger partial charge in [-0.05, 0) is 32.1 Å². The zero-order valence-corrected chi connectivity index (χ0v) is 34.0. The van der Waals surface area contributed by atoms with E-state index in [0.29, 0.717) is 19.3 Å². The van der Waals surface area contributed by atoms with Gasteiger partial charge in [-0.3, -0.25) is 9.59 Å². The van der Waals surface area contributed by atoms with Crippen molar-refractivity contribution >= 4 is 17.9 Å². The molecule has 0 aromatic rings. The lowest BCUT2D eigenvalue weighted by molar-refractivity contribution is -0.889. The third-order valence-electron chi connectivity index (χ3n) is 9.65. The molecule has 0 aliphatic rings. The number of hydrogen-bond donors (Lipinski definition) is 0. The minimum absolute atomic E-state index is 0.0375. The number of aliphatic carboxylic acids is 1. The summed E-state index contributed by atoms with van der Waals surface area (Å²) in [5.74, 6) is -1.77. The average molecular weight is 724 g/mol. The molecule has 0 radical (unpaired) electrons. The fourth-order valence-electron chi connectivity index (χ4n) is 6.31. The molecule has 0 aromatic heterocycles. The Labute approximate surface area is 314 Å². The first-order valence-electron chi connectivity index (χ1n) is 21.2. The van der Waals surface area contributed by atoms with E-state index >= 15 is 0 Å². The van der Waals surface area contributed by atoms with Crippen LogP contribution in [0.25, 0.3) is 0 Å². The van der Waals surface area contributed by atoms with E-state index in [1.807, 2.05) is 0 Å². The van der Waals surface area contributed by atoms with Crippen LogP contribution in [0.5, 0.6) is 0 Å². The number of hydrogen-bond acceptors (Lipinski definition) is 7. The number of likely N-dealkylation sites (N-methyl/N-ethyl adjacent to an activating group) is 1. The summed E-state index contributed by atoms with van der Waals surface area (Å²) >= 11 is 0. The van der Waals surface area contributed by atoms with Crippen LogP contribution in [0.15, 0.2) is 12.2 Å². The fourth-order valence-corrected chi connectivity index (χ4v) is 6.31. The van der Waals surface area contributed by atoms with E-state index < -0.39 is 18.1 Å². The molecule has 0 saturated carbocycles. The van der Waals surface area contributed by atoms with Gasteiger partial charge in [0.2, 0.25) is 0 Å². The number of carbonyl (C=O) groups excluding carboxylic acids is 3. The molecule has 0 saturated heterocycles. The van der Waals surface area contributed by atoms with Crippen molar-refractivity contribution in [1.82, 2.24) is 0 Å². The smallest absolute Gasteiger partial charge is 0.306 e. The maximum Gasteiger partial charge on any atom is 0.306 e. The first-order valence-corrected chi connectivity index (χ1v) is 21.2. The van der Waals surface area contributed by atoms with Crippen LogP contribution >= 0.6 is 0 Å². The van der Waals surface area contributed by atoms with Crippen LogP contribution in [0.2, 0.25) is 0 Å². The standard InChI is InChI=1S/C43H81NO7/c1-6-8-10-12-14-16-17-18-19-20-21-22-23-24-26-28-30-32-34-42(46)51-39(37-49-36-35-40(43(47)48)44(3,4)5)38-50-41(45)33-31-29-27-25-15-13-11-9-7-2/h25,27,39-40H,6-24,26,28-38H2,1-5H3/b27-25+. The van der Waals surface area contributed by atoms with Gasteiger partial charge in [-0.1, -0.05) is 154 Å². The maximum absolute atomic E-state index is 12.7. The van der Waals surface area contributed by atoms with Crippen LogP contribution in [0.4, 0.5) is 0 Å². The zero-order valence-electron chi connectivity index (χ0n) is 34.0. The highest BCUT2D eigenvalue weighted by Crippen LogP contribution is 2.15. The molecule has 2 unspecified atom stereocenters. The summed E-state index contributed by atoms with van der Waals surface area (Å²) < 4.78 is 17.1. The number of carboxylic acids is 1. The molecule has 0 fully saturated rings. The first kappa shape index (κ1) is 49.1. The summed E-state index contributed by atoms with van der Waals surface area (Å²) in [5.41, 5.74) is 0. The predicted molar refractivity (Wildman–Crippen MR) is 208 cm³/mol. The third-order valence-corrected chi connectivity index (χ3v) is 9.65. The molecule has 300 valence electrons. The molecule has 0 aliphatic carbocycles. The molecule has 2 atom stereocenters. The number of rotatable bonds is 38. The number of quaternary nitrogens is 1. The summed E-state index contributed by atoms with van der Waals surface area (Å²) in [6, 6.07) is -0.723. The Balaban J connectivity index is 4.28. The normalized spacial score (nSPS) is 13.0. The number of nitrogens with zero attached hydrogens (tertiary/aromatic N) is 1. The Morgan fingerprint density at radius 3 is 1.47 bits per heavy atom. The molecule has 0 aromatic carbocycles. The molecule has 0 bridgehead atoms. The molecule has 0 N–H and O–H groups in total. The van der Waals surface area contributed by atoms with Crippen molar-refractivity contribution in [3.05, 3.63) is 12.2 Å². The average Bonchev–Trinajstić information content (AvgIpc) is 3.08.